The van der Waals surface area contributed by atoms with Crippen LogP contribution in [0.5, 0.6) is 0 Å². The topological polar surface area (TPSA) is 89.5 Å². The van der Waals surface area contributed by atoms with E-state index in [1.54, 1.807) is 6.20 Å². The monoisotopic (exact) mass is 436 g/mol. The van der Waals surface area contributed by atoms with Crippen molar-refractivity contribution in [3.8, 4) is 0 Å². The van der Waals surface area contributed by atoms with E-state index in [0.717, 1.165) is 41.9 Å². The van der Waals surface area contributed by atoms with Crippen LogP contribution < -0.4 is 20.4 Å². The molecule has 160 valence electrons. The molecule has 10 heteroatoms. The molecule has 1 amide bonds. The van der Waals surface area contributed by atoms with E-state index in [0.29, 0.717) is 23.1 Å². The van der Waals surface area contributed by atoms with Gasteiger partial charge in [0.05, 0.1) is 11.2 Å². The number of nitrogens with zero attached hydrogens (tertiary/aromatic N) is 6. The lowest BCUT2D eigenvalue weighted by molar-refractivity contribution is 0.102. The highest BCUT2D eigenvalue weighted by atomic mass is 32.1. The summed E-state index contributed by atoms with van der Waals surface area (Å²) in [7, 11) is 4.04. The predicted octanol–water partition coefficient (Wildman–Crippen LogP) is 3.07. The van der Waals surface area contributed by atoms with Gasteiger partial charge >= 0.3 is 0 Å². The summed E-state index contributed by atoms with van der Waals surface area (Å²) in [5.74, 6) is 0.855. The second-order valence-corrected chi connectivity index (χ2v) is 8.97. The quantitative estimate of drug-likeness (QED) is 0.648. The fraction of sp³-hybridized carbons (Fsp3) is 0.333. The number of likely N-dealkylation sites (N-methyl/N-ethyl adjacent to an activating group) is 1. The average Bonchev–Trinajstić information content (AvgIpc) is 3.13. The molecule has 1 aromatic carbocycles. The van der Waals surface area contributed by atoms with Gasteiger partial charge in [0.15, 0.2) is 11.5 Å². The normalized spacial score (nSPS) is 16.4. The summed E-state index contributed by atoms with van der Waals surface area (Å²) in [5, 5.41) is 7.74. The van der Waals surface area contributed by atoms with E-state index in [1.165, 1.54) is 17.0 Å². The van der Waals surface area contributed by atoms with Crippen LogP contribution in [0.1, 0.15) is 15.5 Å². The summed E-state index contributed by atoms with van der Waals surface area (Å²) in [6.07, 6.45) is 1.63. The number of hydrogen-bond acceptors (Lipinski definition) is 9. The van der Waals surface area contributed by atoms with E-state index in [-0.39, 0.29) is 5.91 Å². The second-order valence-electron chi connectivity index (χ2n) is 7.79. The molecule has 9 nitrogen and oxygen atoms in total. The number of amides is 1. The van der Waals surface area contributed by atoms with Crippen LogP contribution in [0.25, 0.3) is 0 Å². The molecule has 2 N–H and O–H groups in total. The molecule has 0 radical (unpaired) electrons. The van der Waals surface area contributed by atoms with E-state index >= 15 is 0 Å². The summed E-state index contributed by atoms with van der Waals surface area (Å²) in [4.78, 5) is 32.6. The number of carbonyl (C=O) groups is 1. The van der Waals surface area contributed by atoms with Crippen LogP contribution >= 0.6 is 11.3 Å². The number of anilines is 6. The fourth-order valence-electron chi connectivity index (χ4n) is 3.80. The molecule has 1 saturated heterocycles. The van der Waals surface area contributed by atoms with Crippen molar-refractivity contribution in [1.29, 1.82) is 0 Å². The number of nitrogens with one attached hydrogen (secondary N) is 2. The molecular weight excluding hydrogens is 412 g/mol. The first kappa shape index (κ1) is 19.7. The Morgan fingerprint density at radius 1 is 1.06 bits per heavy atom. The molecule has 1 fully saturated rings. The maximum Gasteiger partial charge on any atom is 0.277 e. The molecule has 0 spiro atoms. The van der Waals surface area contributed by atoms with Crippen molar-refractivity contribution in [2.24, 2.45) is 0 Å². The van der Waals surface area contributed by atoms with Gasteiger partial charge in [0.25, 0.3) is 5.91 Å². The Bertz CT molecular complexity index is 1120. The fourth-order valence-corrected chi connectivity index (χ4v) is 4.67. The zero-order valence-electron chi connectivity index (χ0n) is 17.7. The Balaban J connectivity index is 1.36. The van der Waals surface area contributed by atoms with Gasteiger partial charge in [0.1, 0.15) is 10.7 Å². The lowest BCUT2D eigenvalue weighted by atomic mass is 10.2. The van der Waals surface area contributed by atoms with Gasteiger partial charge in [-0.25, -0.2) is 9.97 Å². The summed E-state index contributed by atoms with van der Waals surface area (Å²) < 4.78 is 0. The SMILES string of the molecule is Cc1nc2c(s1)N(C)c1nc(Nc3ccc(N4CCN(C)CC4)cc3)ncc1NC2=O. The number of carbonyl (C=O) groups excluding carboxylic acids is 1. The smallest absolute Gasteiger partial charge is 0.277 e. The van der Waals surface area contributed by atoms with Gasteiger partial charge in [-0.1, -0.05) is 0 Å². The standard InChI is InChI=1S/C21H24N8OS/c1-13-23-17-19(30)25-16-12-22-21(26-18(16)28(3)20(17)31-13)24-14-4-6-15(7-5-14)29-10-8-27(2)9-11-29/h4-7,12H,8-11H2,1-3H3,(H,25,30)(H,22,24,26). The minimum atomic E-state index is -0.242. The third kappa shape index (κ3) is 3.79. The van der Waals surface area contributed by atoms with Crippen LogP contribution in [0.2, 0.25) is 0 Å². The van der Waals surface area contributed by atoms with Gasteiger partial charge in [-0.05, 0) is 38.2 Å². The maximum absolute atomic E-state index is 12.5. The van der Waals surface area contributed by atoms with Gasteiger partial charge in [-0.15, -0.1) is 11.3 Å². The highest BCUT2D eigenvalue weighted by Crippen LogP contribution is 2.38. The second kappa shape index (κ2) is 7.78. The van der Waals surface area contributed by atoms with Crippen molar-refractivity contribution in [3.63, 3.8) is 0 Å². The van der Waals surface area contributed by atoms with Gasteiger partial charge in [0.2, 0.25) is 5.95 Å². The predicted molar refractivity (Wildman–Crippen MR) is 124 cm³/mol. The highest BCUT2D eigenvalue weighted by Gasteiger charge is 2.28. The van der Waals surface area contributed by atoms with Crippen LogP contribution in [0.15, 0.2) is 30.5 Å². The number of fused-ring (bicyclic) bond motifs is 2. The molecule has 0 bridgehead atoms. The van der Waals surface area contributed by atoms with Crippen molar-refractivity contribution in [2.75, 3.05) is 60.7 Å². The molecule has 0 aliphatic carbocycles. The first-order valence-electron chi connectivity index (χ1n) is 10.2. The minimum absolute atomic E-state index is 0.242. The zero-order chi connectivity index (χ0) is 21.5. The first-order chi connectivity index (χ1) is 15.0. The Morgan fingerprint density at radius 3 is 2.55 bits per heavy atom. The van der Waals surface area contributed by atoms with Gasteiger partial charge in [-0.2, -0.15) is 4.98 Å². The van der Waals surface area contributed by atoms with Crippen LogP contribution in [0.4, 0.5) is 33.8 Å². The van der Waals surface area contributed by atoms with Crippen molar-refractivity contribution < 1.29 is 4.79 Å². The number of benzene rings is 1. The molecule has 2 aliphatic rings. The van der Waals surface area contributed by atoms with Crippen molar-refractivity contribution in [2.45, 2.75) is 6.92 Å². The Hall–Kier alpha value is -3.24. The molecule has 2 aliphatic heterocycles. The van der Waals surface area contributed by atoms with Crippen molar-refractivity contribution in [1.82, 2.24) is 19.9 Å². The largest absolute Gasteiger partial charge is 0.369 e. The van der Waals surface area contributed by atoms with E-state index in [2.05, 4.69) is 54.6 Å². The van der Waals surface area contributed by atoms with Gasteiger partial charge in [0, 0.05) is 44.6 Å². The third-order valence-electron chi connectivity index (χ3n) is 5.56. The molecule has 3 aromatic rings. The first-order valence-corrected chi connectivity index (χ1v) is 11.0. The molecule has 4 heterocycles. The molecule has 31 heavy (non-hydrogen) atoms. The number of rotatable bonds is 3. The van der Waals surface area contributed by atoms with Gasteiger partial charge in [-0.3, -0.25) is 4.79 Å². The van der Waals surface area contributed by atoms with E-state index in [4.69, 9.17) is 0 Å². The number of thiazole rings is 1. The summed E-state index contributed by atoms with van der Waals surface area (Å²) in [6, 6.07) is 8.32. The van der Waals surface area contributed by atoms with E-state index in [9.17, 15) is 4.79 Å². The lowest BCUT2D eigenvalue weighted by Gasteiger charge is -2.34. The maximum atomic E-state index is 12.5. The molecule has 0 unspecified atom stereocenters. The molecule has 2 aromatic heterocycles. The molecule has 5 rings (SSSR count). The molecule has 0 atom stereocenters. The van der Waals surface area contributed by atoms with Crippen molar-refractivity contribution >= 4 is 51.1 Å². The molecular formula is C21H24N8OS. The Labute approximate surface area is 184 Å². The van der Waals surface area contributed by atoms with E-state index < -0.39 is 0 Å². The van der Waals surface area contributed by atoms with Crippen molar-refractivity contribution in [3.05, 3.63) is 41.2 Å². The van der Waals surface area contributed by atoms with Crippen LogP contribution in [0.3, 0.4) is 0 Å². The summed E-state index contributed by atoms with van der Waals surface area (Å²) in [5.41, 5.74) is 3.10. The van der Waals surface area contributed by atoms with E-state index in [1.807, 2.05) is 31.0 Å². The summed E-state index contributed by atoms with van der Waals surface area (Å²) >= 11 is 1.47. The van der Waals surface area contributed by atoms with Gasteiger partial charge < -0.3 is 25.3 Å². The minimum Gasteiger partial charge on any atom is -0.369 e. The number of piperazine rings is 1. The van der Waals surface area contributed by atoms with Crippen LogP contribution in [-0.2, 0) is 0 Å². The number of aromatic nitrogens is 3. The Kier molecular flexibility index (Phi) is 4.95. The van der Waals surface area contributed by atoms with Crippen LogP contribution in [0, 0.1) is 6.92 Å². The third-order valence-corrected chi connectivity index (χ3v) is 6.61. The molecule has 0 saturated carbocycles. The zero-order valence-corrected chi connectivity index (χ0v) is 18.5. The highest BCUT2D eigenvalue weighted by molar-refractivity contribution is 7.16. The number of hydrogen-bond donors (Lipinski definition) is 2. The average molecular weight is 437 g/mol. The van der Waals surface area contributed by atoms with Crippen LogP contribution in [-0.4, -0.2) is 66.0 Å². The lowest BCUT2D eigenvalue weighted by Crippen LogP contribution is -2.44. The summed E-state index contributed by atoms with van der Waals surface area (Å²) in [6.45, 7) is 6.12. The Morgan fingerprint density at radius 2 is 1.81 bits per heavy atom. The number of aryl methyl sites for hydroxylation is 1.